The summed E-state index contributed by atoms with van der Waals surface area (Å²) in [6.45, 7) is 5.72. The predicted octanol–water partition coefficient (Wildman–Crippen LogP) is 3.14. The summed E-state index contributed by atoms with van der Waals surface area (Å²) in [5.74, 6) is 0. The van der Waals surface area contributed by atoms with E-state index >= 15 is 0 Å². The Balaban J connectivity index is 2.94. The molecule has 96 valence electrons. The number of hydrogen-bond acceptors (Lipinski definition) is 3. The highest BCUT2D eigenvalue weighted by Crippen LogP contribution is 2.17. The SMILES string of the molecule is CCCc1cccc(S(=O)(=O)OC(C)CC)c1. The van der Waals surface area contributed by atoms with E-state index in [0.29, 0.717) is 6.42 Å². The number of hydrogen-bond donors (Lipinski definition) is 0. The van der Waals surface area contributed by atoms with Crippen molar-refractivity contribution in [3.8, 4) is 0 Å². The molecule has 1 unspecified atom stereocenters. The molecule has 1 atom stereocenters. The summed E-state index contributed by atoms with van der Waals surface area (Å²) in [5.41, 5.74) is 1.03. The summed E-state index contributed by atoms with van der Waals surface area (Å²) < 4.78 is 28.9. The van der Waals surface area contributed by atoms with Gasteiger partial charge in [0.2, 0.25) is 0 Å². The van der Waals surface area contributed by atoms with Crippen LogP contribution >= 0.6 is 0 Å². The first-order valence-electron chi connectivity index (χ1n) is 6.01. The molecule has 0 aliphatic heterocycles. The van der Waals surface area contributed by atoms with Crippen LogP contribution in [0.3, 0.4) is 0 Å². The van der Waals surface area contributed by atoms with Gasteiger partial charge in [-0.3, -0.25) is 4.18 Å². The molecule has 1 aromatic rings. The van der Waals surface area contributed by atoms with Crippen LogP contribution in [0.2, 0.25) is 0 Å². The third-order valence-electron chi connectivity index (χ3n) is 2.59. The summed E-state index contributed by atoms with van der Waals surface area (Å²) in [6, 6.07) is 6.97. The van der Waals surface area contributed by atoms with Gasteiger partial charge in [0.25, 0.3) is 10.1 Å². The topological polar surface area (TPSA) is 43.4 Å². The average Bonchev–Trinajstić information content (AvgIpc) is 2.29. The maximum Gasteiger partial charge on any atom is 0.297 e. The van der Waals surface area contributed by atoms with Gasteiger partial charge in [0.15, 0.2) is 0 Å². The van der Waals surface area contributed by atoms with Gasteiger partial charge < -0.3 is 0 Å². The molecular formula is C13H20O3S. The van der Waals surface area contributed by atoms with E-state index in [-0.39, 0.29) is 11.0 Å². The van der Waals surface area contributed by atoms with E-state index in [2.05, 4.69) is 6.92 Å². The molecule has 0 fully saturated rings. The lowest BCUT2D eigenvalue weighted by Gasteiger charge is -2.11. The molecule has 0 aromatic heterocycles. The number of aryl methyl sites for hydroxylation is 1. The van der Waals surface area contributed by atoms with Crippen molar-refractivity contribution in [1.82, 2.24) is 0 Å². The fourth-order valence-electron chi connectivity index (χ4n) is 1.49. The van der Waals surface area contributed by atoms with Crippen molar-refractivity contribution < 1.29 is 12.6 Å². The molecule has 4 heteroatoms. The van der Waals surface area contributed by atoms with Gasteiger partial charge in [-0.05, 0) is 37.5 Å². The summed E-state index contributed by atoms with van der Waals surface area (Å²) in [6.07, 6.45) is 2.27. The summed E-state index contributed by atoms with van der Waals surface area (Å²) in [7, 11) is -3.61. The molecule has 0 bridgehead atoms. The van der Waals surface area contributed by atoms with Crippen LogP contribution in [-0.2, 0) is 20.7 Å². The zero-order chi connectivity index (χ0) is 12.9. The Labute approximate surface area is 104 Å². The Morgan fingerprint density at radius 1 is 1.29 bits per heavy atom. The van der Waals surface area contributed by atoms with Gasteiger partial charge in [-0.1, -0.05) is 32.4 Å². The minimum atomic E-state index is -3.61. The molecule has 0 saturated carbocycles. The molecule has 1 rings (SSSR count). The van der Waals surface area contributed by atoms with E-state index in [1.807, 2.05) is 13.0 Å². The minimum Gasteiger partial charge on any atom is -0.263 e. The van der Waals surface area contributed by atoms with Gasteiger partial charge in [0.1, 0.15) is 0 Å². The molecule has 0 spiro atoms. The molecule has 0 aliphatic rings. The highest BCUT2D eigenvalue weighted by atomic mass is 32.2. The molecule has 3 nitrogen and oxygen atoms in total. The Kier molecular flexibility index (Phi) is 5.15. The van der Waals surface area contributed by atoms with Crippen LogP contribution in [0.15, 0.2) is 29.2 Å². The largest absolute Gasteiger partial charge is 0.297 e. The van der Waals surface area contributed by atoms with Crippen LogP contribution in [0.5, 0.6) is 0 Å². The average molecular weight is 256 g/mol. The van der Waals surface area contributed by atoms with E-state index < -0.39 is 10.1 Å². The second-order valence-electron chi connectivity index (χ2n) is 4.17. The molecule has 0 aliphatic carbocycles. The number of benzene rings is 1. The Morgan fingerprint density at radius 3 is 2.59 bits per heavy atom. The maximum atomic E-state index is 11.9. The van der Waals surface area contributed by atoms with Gasteiger partial charge in [0, 0.05) is 0 Å². The van der Waals surface area contributed by atoms with E-state index in [0.717, 1.165) is 18.4 Å². The molecule has 1 aromatic carbocycles. The molecule has 0 amide bonds. The normalized spacial score (nSPS) is 13.6. The van der Waals surface area contributed by atoms with Crippen LogP contribution in [0.4, 0.5) is 0 Å². The molecule has 0 radical (unpaired) electrons. The fraction of sp³-hybridized carbons (Fsp3) is 0.538. The smallest absolute Gasteiger partial charge is 0.263 e. The van der Waals surface area contributed by atoms with Crippen molar-refractivity contribution in [2.24, 2.45) is 0 Å². The lowest BCUT2D eigenvalue weighted by Crippen LogP contribution is -2.14. The second-order valence-corrected chi connectivity index (χ2v) is 5.74. The fourth-order valence-corrected chi connectivity index (χ4v) is 2.71. The van der Waals surface area contributed by atoms with Crippen molar-refractivity contribution >= 4 is 10.1 Å². The first-order chi connectivity index (χ1) is 7.99. The summed E-state index contributed by atoms with van der Waals surface area (Å²) in [5, 5.41) is 0. The first-order valence-corrected chi connectivity index (χ1v) is 7.42. The van der Waals surface area contributed by atoms with E-state index in [9.17, 15) is 8.42 Å². The predicted molar refractivity (Wildman–Crippen MR) is 68.5 cm³/mol. The summed E-state index contributed by atoms with van der Waals surface area (Å²) in [4.78, 5) is 0.253. The van der Waals surface area contributed by atoms with Gasteiger partial charge in [-0.25, -0.2) is 0 Å². The lowest BCUT2D eigenvalue weighted by atomic mass is 10.1. The van der Waals surface area contributed by atoms with Crippen molar-refractivity contribution in [3.05, 3.63) is 29.8 Å². The van der Waals surface area contributed by atoms with Crippen molar-refractivity contribution in [1.29, 1.82) is 0 Å². The second kappa shape index (κ2) is 6.17. The van der Waals surface area contributed by atoms with Crippen LogP contribution in [0.25, 0.3) is 0 Å². The van der Waals surface area contributed by atoms with Crippen molar-refractivity contribution in [2.45, 2.75) is 51.0 Å². The van der Waals surface area contributed by atoms with Crippen LogP contribution in [0.1, 0.15) is 39.2 Å². The van der Waals surface area contributed by atoms with E-state index in [1.54, 1.807) is 25.1 Å². The van der Waals surface area contributed by atoms with Crippen LogP contribution in [0, 0.1) is 0 Å². The highest BCUT2D eigenvalue weighted by Gasteiger charge is 2.18. The lowest BCUT2D eigenvalue weighted by molar-refractivity contribution is 0.224. The third kappa shape index (κ3) is 4.13. The van der Waals surface area contributed by atoms with Gasteiger partial charge in [-0.2, -0.15) is 8.42 Å². The zero-order valence-electron chi connectivity index (χ0n) is 10.6. The zero-order valence-corrected chi connectivity index (χ0v) is 11.5. The van der Waals surface area contributed by atoms with Crippen molar-refractivity contribution in [2.75, 3.05) is 0 Å². The Hall–Kier alpha value is -0.870. The monoisotopic (exact) mass is 256 g/mol. The van der Waals surface area contributed by atoms with Crippen LogP contribution < -0.4 is 0 Å². The summed E-state index contributed by atoms with van der Waals surface area (Å²) >= 11 is 0. The Morgan fingerprint density at radius 2 is 2.00 bits per heavy atom. The Bertz CT molecular complexity index is 451. The van der Waals surface area contributed by atoms with Gasteiger partial charge in [0.05, 0.1) is 11.0 Å². The van der Waals surface area contributed by atoms with Gasteiger partial charge >= 0.3 is 0 Å². The van der Waals surface area contributed by atoms with E-state index in [1.165, 1.54) is 0 Å². The molecule has 0 saturated heterocycles. The highest BCUT2D eigenvalue weighted by molar-refractivity contribution is 7.86. The number of rotatable bonds is 6. The van der Waals surface area contributed by atoms with Crippen LogP contribution in [-0.4, -0.2) is 14.5 Å². The quantitative estimate of drug-likeness (QED) is 0.734. The standard InChI is InChI=1S/C13H20O3S/c1-4-7-12-8-6-9-13(10-12)17(14,15)16-11(3)5-2/h6,8-11H,4-5,7H2,1-3H3. The maximum absolute atomic E-state index is 11.9. The third-order valence-corrected chi connectivity index (χ3v) is 4.00. The molecule has 0 heterocycles. The first kappa shape index (κ1) is 14.2. The minimum absolute atomic E-state index is 0.253. The molecule has 17 heavy (non-hydrogen) atoms. The molecular weight excluding hydrogens is 236 g/mol. The van der Waals surface area contributed by atoms with Gasteiger partial charge in [-0.15, -0.1) is 0 Å². The van der Waals surface area contributed by atoms with E-state index in [4.69, 9.17) is 4.18 Å². The van der Waals surface area contributed by atoms with Crippen molar-refractivity contribution in [3.63, 3.8) is 0 Å². The molecule has 0 N–H and O–H groups in total.